The van der Waals surface area contributed by atoms with Crippen LogP contribution in [0.5, 0.6) is 0 Å². The van der Waals surface area contributed by atoms with E-state index >= 15 is 0 Å². The standard InChI is InChI=1S/C28H31N3O5S/c1-5-35-27(33)24-18(4)29-28-31(25(24)20-8-6-19(7-9-20)17(2)3)26(32)22(37-28)16-21-10-11-23(36-21)30-12-14-34-15-13-30/h6-11,16-17,25H,5,12-15H2,1-4H3/b22-16-/t25-/m0/s1. The molecule has 0 amide bonds. The van der Waals surface area contributed by atoms with E-state index in [1.165, 1.54) is 16.9 Å². The predicted molar refractivity (Wildman–Crippen MR) is 143 cm³/mol. The molecular formula is C28H31N3O5S. The van der Waals surface area contributed by atoms with Crippen LogP contribution in [0.25, 0.3) is 6.08 Å². The molecule has 0 unspecified atom stereocenters. The summed E-state index contributed by atoms with van der Waals surface area (Å²) in [6.45, 7) is 10.9. The summed E-state index contributed by atoms with van der Waals surface area (Å²) < 4.78 is 18.9. The van der Waals surface area contributed by atoms with Crippen LogP contribution in [0, 0.1) is 0 Å². The topological polar surface area (TPSA) is 86.3 Å². The van der Waals surface area contributed by atoms with E-state index in [-0.39, 0.29) is 12.2 Å². The second kappa shape index (κ2) is 10.5. The van der Waals surface area contributed by atoms with E-state index in [2.05, 4.69) is 23.7 Å². The molecule has 0 radical (unpaired) electrons. The van der Waals surface area contributed by atoms with Crippen LogP contribution in [0.4, 0.5) is 5.88 Å². The van der Waals surface area contributed by atoms with E-state index in [0.717, 1.165) is 24.5 Å². The van der Waals surface area contributed by atoms with Crippen LogP contribution in [0.15, 0.2) is 61.9 Å². The molecule has 4 heterocycles. The molecule has 0 saturated carbocycles. The lowest BCUT2D eigenvalue weighted by Gasteiger charge is -2.26. The summed E-state index contributed by atoms with van der Waals surface area (Å²) in [5.41, 5.74) is 2.73. The average Bonchev–Trinajstić information content (AvgIpc) is 3.48. The van der Waals surface area contributed by atoms with Crippen molar-refractivity contribution >= 4 is 29.3 Å². The van der Waals surface area contributed by atoms with Crippen LogP contribution in [-0.2, 0) is 14.3 Å². The molecule has 3 aromatic rings. The number of allylic oxidation sites excluding steroid dienone is 1. The van der Waals surface area contributed by atoms with Crippen molar-refractivity contribution in [3.8, 4) is 0 Å². The van der Waals surface area contributed by atoms with Gasteiger partial charge in [-0.15, -0.1) is 0 Å². The van der Waals surface area contributed by atoms with Crippen molar-refractivity contribution in [3.05, 3.63) is 84.2 Å². The van der Waals surface area contributed by atoms with Gasteiger partial charge in [0, 0.05) is 25.2 Å². The number of rotatable bonds is 6. The first kappa shape index (κ1) is 25.2. The summed E-state index contributed by atoms with van der Waals surface area (Å²) in [5, 5.41) is 0. The Balaban J connectivity index is 1.60. The lowest BCUT2D eigenvalue weighted by Crippen LogP contribution is -2.39. The highest BCUT2D eigenvalue weighted by atomic mass is 32.1. The molecule has 194 valence electrons. The minimum atomic E-state index is -0.626. The highest BCUT2D eigenvalue weighted by Gasteiger charge is 2.33. The monoisotopic (exact) mass is 521 g/mol. The summed E-state index contributed by atoms with van der Waals surface area (Å²) in [7, 11) is 0. The first-order chi connectivity index (χ1) is 17.9. The van der Waals surface area contributed by atoms with E-state index in [1.807, 2.05) is 36.4 Å². The molecule has 0 spiro atoms. The molecule has 1 aromatic carbocycles. The Labute approximate surface area is 219 Å². The van der Waals surface area contributed by atoms with Gasteiger partial charge in [0.1, 0.15) is 5.76 Å². The lowest BCUT2D eigenvalue weighted by molar-refractivity contribution is -0.139. The number of fused-ring (bicyclic) bond motifs is 1. The van der Waals surface area contributed by atoms with Crippen LogP contribution in [0.2, 0.25) is 0 Å². The Morgan fingerprint density at radius 2 is 1.92 bits per heavy atom. The molecule has 37 heavy (non-hydrogen) atoms. The molecule has 1 saturated heterocycles. The third-order valence-electron chi connectivity index (χ3n) is 6.64. The number of anilines is 1. The number of hydrogen-bond acceptors (Lipinski definition) is 8. The zero-order valence-electron chi connectivity index (χ0n) is 21.5. The summed E-state index contributed by atoms with van der Waals surface area (Å²) in [5.74, 6) is 1.25. The summed E-state index contributed by atoms with van der Waals surface area (Å²) in [4.78, 5) is 34.1. The number of hydrogen-bond donors (Lipinski definition) is 0. The second-order valence-corrected chi connectivity index (χ2v) is 10.4. The molecule has 8 nitrogen and oxygen atoms in total. The van der Waals surface area contributed by atoms with Gasteiger partial charge in [0.25, 0.3) is 5.56 Å². The van der Waals surface area contributed by atoms with Crippen LogP contribution in [0.1, 0.15) is 56.5 Å². The fourth-order valence-electron chi connectivity index (χ4n) is 4.67. The first-order valence-electron chi connectivity index (χ1n) is 12.6. The summed E-state index contributed by atoms with van der Waals surface area (Å²) in [6.07, 6.45) is 1.75. The molecule has 9 heteroatoms. The molecule has 1 atom stereocenters. The molecule has 2 aliphatic rings. The normalized spacial score (nSPS) is 18.2. The number of carbonyl (C=O) groups excluding carboxylic acids is 1. The number of aromatic nitrogens is 1. The maximum atomic E-state index is 13.8. The van der Waals surface area contributed by atoms with E-state index in [9.17, 15) is 9.59 Å². The van der Waals surface area contributed by atoms with Crippen molar-refractivity contribution in [1.82, 2.24) is 4.57 Å². The second-order valence-electron chi connectivity index (χ2n) is 9.40. The van der Waals surface area contributed by atoms with E-state index in [1.54, 1.807) is 24.5 Å². The Bertz CT molecular complexity index is 1500. The summed E-state index contributed by atoms with van der Waals surface area (Å²) in [6, 6.07) is 11.2. The third kappa shape index (κ3) is 4.93. The van der Waals surface area contributed by atoms with Gasteiger partial charge in [-0.3, -0.25) is 9.36 Å². The van der Waals surface area contributed by atoms with Gasteiger partial charge in [0.05, 0.1) is 41.7 Å². The van der Waals surface area contributed by atoms with Crippen molar-refractivity contribution in [2.45, 2.75) is 39.7 Å². The number of esters is 1. The van der Waals surface area contributed by atoms with Gasteiger partial charge < -0.3 is 18.8 Å². The maximum absolute atomic E-state index is 13.8. The number of nitrogens with zero attached hydrogens (tertiary/aromatic N) is 3. The largest absolute Gasteiger partial charge is 0.463 e. The molecule has 0 bridgehead atoms. The van der Waals surface area contributed by atoms with Gasteiger partial charge in [0.15, 0.2) is 10.7 Å². The molecule has 2 aliphatic heterocycles. The zero-order valence-corrected chi connectivity index (χ0v) is 22.3. The minimum absolute atomic E-state index is 0.222. The van der Waals surface area contributed by atoms with Crippen LogP contribution < -0.4 is 19.8 Å². The minimum Gasteiger partial charge on any atom is -0.463 e. The van der Waals surface area contributed by atoms with Crippen molar-refractivity contribution in [2.24, 2.45) is 4.99 Å². The molecular weight excluding hydrogens is 490 g/mol. The van der Waals surface area contributed by atoms with Gasteiger partial charge in [-0.2, -0.15) is 0 Å². The highest BCUT2D eigenvalue weighted by molar-refractivity contribution is 7.07. The van der Waals surface area contributed by atoms with E-state index < -0.39 is 12.0 Å². The van der Waals surface area contributed by atoms with Gasteiger partial charge in [-0.1, -0.05) is 49.4 Å². The number of carbonyl (C=O) groups is 1. The molecule has 0 aliphatic carbocycles. The molecule has 1 fully saturated rings. The number of benzene rings is 1. The average molecular weight is 522 g/mol. The smallest absolute Gasteiger partial charge is 0.338 e. The van der Waals surface area contributed by atoms with E-state index in [0.29, 0.717) is 45.5 Å². The summed E-state index contributed by atoms with van der Waals surface area (Å²) >= 11 is 1.29. The van der Waals surface area contributed by atoms with Gasteiger partial charge in [0.2, 0.25) is 0 Å². The van der Waals surface area contributed by atoms with Crippen molar-refractivity contribution in [3.63, 3.8) is 0 Å². The lowest BCUT2D eigenvalue weighted by atomic mass is 9.93. The van der Waals surface area contributed by atoms with Gasteiger partial charge in [-0.25, -0.2) is 9.79 Å². The van der Waals surface area contributed by atoms with Crippen molar-refractivity contribution < 1.29 is 18.7 Å². The molecule has 2 aromatic heterocycles. The van der Waals surface area contributed by atoms with Crippen LogP contribution in [-0.4, -0.2) is 43.4 Å². The van der Waals surface area contributed by atoms with Crippen molar-refractivity contribution in [1.29, 1.82) is 0 Å². The predicted octanol–water partition coefficient (Wildman–Crippen LogP) is 3.35. The number of furan rings is 1. The fraction of sp³-hybridized carbons (Fsp3) is 0.393. The van der Waals surface area contributed by atoms with Gasteiger partial charge in [-0.05, 0) is 37.0 Å². The Morgan fingerprint density at radius 1 is 1.19 bits per heavy atom. The molecule has 0 N–H and O–H groups in total. The van der Waals surface area contributed by atoms with Gasteiger partial charge >= 0.3 is 5.97 Å². The first-order valence-corrected chi connectivity index (χ1v) is 13.4. The van der Waals surface area contributed by atoms with Crippen molar-refractivity contribution in [2.75, 3.05) is 37.8 Å². The highest BCUT2D eigenvalue weighted by Crippen LogP contribution is 2.31. The number of ether oxygens (including phenoxy) is 2. The van der Waals surface area contributed by atoms with Crippen LogP contribution >= 0.6 is 11.3 Å². The number of thiazole rings is 1. The molecule has 5 rings (SSSR count). The maximum Gasteiger partial charge on any atom is 0.338 e. The third-order valence-corrected chi connectivity index (χ3v) is 7.63. The SMILES string of the molecule is CCOC(=O)C1=C(C)N=c2s/c(=C\c3ccc(N4CCOCC4)o3)c(=O)n2[C@H]1c1ccc(C(C)C)cc1. The zero-order chi connectivity index (χ0) is 26.1. The Kier molecular flexibility index (Phi) is 7.17. The fourth-order valence-corrected chi connectivity index (χ4v) is 5.70. The Hall–Kier alpha value is -3.43. The van der Waals surface area contributed by atoms with Crippen LogP contribution in [0.3, 0.4) is 0 Å². The number of morpholine rings is 1. The van der Waals surface area contributed by atoms with E-state index in [4.69, 9.17) is 13.9 Å². The Morgan fingerprint density at radius 3 is 2.59 bits per heavy atom. The quantitative estimate of drug-likeness (QED) is 0.463.